The Balaban J connectivity index is 0.00000312. The van der Waals surface area contributed by atoms with Gasteiger partial charge in [-0.25, -0.2) is 4.39 Å². The standard InChI is InChI=1S/C17H17ClFNO4.K/c1-24-15-7-6-10(8-12(15)18)16(17(22)23)20-9-14(21)11-4-2-3-5-13(11)19;/h2-8,14,16,20-21H,9H2,1H3,(H,22,23);/q;+1/p-1/t14-,16?;/m0./s1. The fraction of sp³-hybridized carbons (Fsp3) is 0.235. The van der Waals surface area contributed by atoms with Crippen LogP contribution in [-0.4, -0.2) is 24.7 Å². The van der Waals surface area contributed by atoms with Gasteiger partial charge in [-0.05, 0) is 23.8 Å². The summed E-state index contributed by atoms with van der Waals surface area (Å²) in [6.45, 7) is -0.177. The predicted molar refractivity (Wildman–Crippen MR) is 85.1 cm³/mol. The molecule has 0 aliphatic rings. The number of carboxylic acid groups (broad SMARTS) is 1. The third kappa shape index (κ3) is 6.01. The molecule has 0 spiro atoms. The van der Waals surface area contributed by atoms with Crippen LogP contribution in [0.25, 0.3) is 0 Å². The molecule has 0 heterocycles. The number of nitrogens with one attached hydrogen (secondary N) is 1. The maximum Gasteiger partial charge on any atom is 1.00 e. The summed E-state index contributed by atoms with van der Waals surface area (Å²) < 4.78 is 18.6. The first-order valence-corrected chi connectivity index (χ1v) is 7.52. The summed E-state index contributed by atoms with van der Waals surface area (Å²) in [5.74, 6) is -1.55. The zero-order chi connectivity index (χ0) is 17.7. The fourth-order valence-corrected chi connectivity index (χ4v) is 2.55. The molecule has 0 aliphatic carbocycles. The Morgan fingerprint density at radius 2 is 2.04 bits per heavy atom. The third-order valence-electron chi connectivity index (χ3n) is 3.52. The molecule has 25 heavy (non-hydrogen) atoms. The number of carbonyl (C=O) groups excluding carboxylic acids is 1. The van der Waals surface area contributed by atoms with Gasteiger partial charge in [-0.15, -0.1) is 0 Å². The van der Waals surface area contributed by atoms with Gasteiger partial charge in [0.2, 0.25) is 0 Å². The van der Waals surface area contributed by atoms with Gasteiger partial charge < -0.3 is 25.1 Å². The van der Waals surface area contributed by atoms with E-state index in [1.54, 1.807) is 6.07 Å². The molecule has 2 aromatic carbocycles. The molecule has 2 rings (SSSR count). The van der Waals surface area contributed by atoms with Gasteiger partial charge >= 0.3 is 51.4 Å². The van der Waals surface area contributed by atoms with Crippen molar-refractivity contribution >= 4 is 17.6 Å². The molecule has 0 amide bonds. The maximum absolute atomic E-state index is 13.6. The van der Waals surface area contributed by atoms with Crippen molar-refractivity contribution in [3.63, 3.8) is 0 Å². The molecule has 128 valence electrons. The summed E-state index contributed by atoms with van der Waals surface area (Å²) in [5, 5.41) is 24.3. The van der Waals surface area contributed by atoms with Gasteiger partial charge in [0.15, 0.2) is 0 Å². The second kappa shape index (κ2) is 10.6. The summed E-state index contributed by atoms with van der Waals surface area (Å²) in [5.41, 5.74) is 0.413. The normalized spacial score (nSPS) is 12.8. The van der Waals surface area contributed by atoms with Gasteiger partial charge in [0.25, 0.3) is 0 Å². The summed E-state index contributed by atoms with van der Waals surface area (Å²) in [4.78, 5) is 11.4. The Labute approximate surface area is 192 Å². The van der Waals surface area contributed by atoms with Crippen molar-refractivity contribution in [2.24, 2.45) is 0 Å². The van der Waals surface area contributed by atoms with Crippen LogP contribution in [0.1, 0.15) is 23.3 Å². The van der Waals surface area contributed by atoms with Gasteiger partial charge in [0, 0.05) is 12.1 Å². The molecule has 5 nitrogen and oxygen atoms in total. The van der Waals surface area contributed by atoms with Gasteiger partial charge in [-0.3, -0.25) is 0 Å². The monoisotopic (exact) mass is 391 g/mol. The second-order valence-corrected chi connectivity index (χ2v) is 5.50. The van der Waals surface area contributed by atoms with Crippen molar-refractivity contribution in [3.8, 4) is 5.75 Å². The van der Waals surface area contributed by atoms with E-state index < -0.39 is 23.9 Å². The number of rotatable bonds is 7. The number of carboxylic acids is 1. The van der Waals surface area contributed by atoms with Crippen LogP contribution >= 0.6 is 11.6 Å². The van der Waals surface area contributed by atoms with Gasteiger partial charge in [0.05, 0.1) is 30.2 Å². The molecule has 8 heteroatoms. The average molecular weight is 392 g/mol. The molecule has 2 N–H and O–H groups in total. The van der Waals surface area contributed by atoms with Gasteiger partial charge in [-0.1, -0.05) is 35.9 Å². The van der Waals surface area contributed by atoms with Crippen molar-refractivity contribution in [1.29, 1.82) is 0 Å². The molecule has 2 aromatic rings. The number of methoxy groups -OCH3 is 1. The topological polar surface area (TPSA) is 81.6 Å². The van der Waals surface area contributed by atoms with E-state index in [0.29, 0.717) is 11.3 Å². The summed E-state index contributed by atoms with van der Waals surface area (Å²) in [6.07, 6.45) is -1.21. The van der Waals surface area contributed by atoms with E-state index in [9.17, 15) is 19.4 Å². The van der Waals surface area contributed by atoms with Crippen LogP contribution in [0.4, 0.5) is 4.39 Å². The van der Waals surface area contributed by atoms with Crippen molar-refractivity contribution in [2.75, 3.05) is 13.7 Å². The number of ether oxygens (including phenoxy) is 1. The van der Waals surface area contributed by atoms with E-state index in [1.807, 2.05) is 0 Å². The minimum Gasteiger partial charge on any atom is -0.548 e. The Hall–Kier alpha value is -0.514. The van der Waals surface area contributed by atoms with Crippen molar-refractivity contribution in [2.45, 2.75) is 12.1 Å². The molecule has 0 fully saturated rings. The van der Waals surface area contributed by atoms with Crippen LogP contribution in [-0.2, 0) is 4.79 Å². The Morgan fingerprint density at radius 3 is 2.60 bits per heavy atom. The minimum absolute atomic E-state index is 0. The smallest absolute Gasteiger partial charge is 0.548 e. The van der Waals surface area contributed by atoms with Crippen LogP contribution in [0.5, 0.6) is 5.75 Å². The molecular formula is C17H16ClFKNO4. The van der Waals surface area contributed by atoms with Crippen LogP contribution in [0.3, 0.4) is 0 Å². The van der Waals surface area contributed by atoms with E-state index in [0.717, 1.165) is 0 Å². The van der Waals surface area contributed by atoms with E-state index in [2.05, 4.69) is 5.32 Å². The number of halogens is 2. The summed E-state index contributed by atoms with van der Waals surface area (Å²) in [7, 11) is 1.44. The van der Waals surface area contributed by atoms with Crippen molar-refractivity contribution in [3.05, 3.63) is 64.4 Å². The number of carbonyl (C=O) groups is 1. The van der Waals surface area contributed by atoms with Crippen molar-refractivity contribution in [1.82, 2.24) is 5.32 Å². The molecule has 0 aromatic heterocycles. The van der Waals surface area contributed by atoms with Crippen LogP contribution in [0.15, 0.2) is 42.5 Å². The summed E-state index contributed by atoms with van der Waals surface area (Å²) in [6, 6.07) is 9.01. The van der Waals surface area contributed by atoms with Crippen molar-refractivity contribution < 1.29 is 75.5 Å². The zero-order valence-electron chi connectivity index (χ0n) is 13.8. The summed E-state index contributed by atoms with van der Waals surface area (Å²) >= 11 is 5.99. The Morgan fingerprint density at radius 1 is 1.36 bits per heavy atom. The van der Waals surface area contributed by atoms with Crippen LogP contribution in [0.2, 0.25) is 5.02 Å². The number of aliphatic hydroxyl groups is 1. The molecular weight excluding hydrogens is 376 g/mol. The molecule has 0 saturated carbocycles. The molecule has 0 bridgehead atoms. The van der Waals surface area contributed by atoms with E-state index >= 15 is 0 Å². The maximum atomic E-state index is 13.6. The number of hydrogen-bond acceptors (Lipinski definition) is 5. The number of benzene rings is 2. The fourth-order valence-electron chi connectivity index (χ4n) is 2.28. The Kier molecular flexibility index (Phi) is 9.54. The Bertz CT molecular complexity index is 732. The molecule has 1 unspecified atom stereocenters. The second-order valence-electron chi connectivity index (χ2n) is 5.09. The average Bonchev–Trinajstić information content (AvgIpc) is 2.55. The molecule has 0 saturated heterocycles. The first-order chi connectivity index (χ1) is 11.4. The number of hydrogen-bond donors (Lipinski definition) is 2. The minimum atomic E-state index is -1.39. The zero-order valence-corrected chi connectivity index (χ0v) is 17.7. The number of aliphatic hydroxyl groups excluding tert-OH is 1. The molecule has 0 aliphatic heterocycles. The van der Waals surface area contributed by atoms with E-state index in [1.165, 1.54) is 43.5 Å². The molecule has 0 radical (unpaired) electrons. The largest absolute Gasteiger partial charge is 1.00 e. The van der Waals surface area contributed by atoms with Gasteiger partial charge in [-0.2, -0.15) is 0 Å². The van der Waals surface area contributed by atoms with Crippen LogP contribution < -0.4 is 66.5 Å². The van der Waals surface area contributed by atoms with Gasteiger partial charge in [0.1, 0.15) is 11.6 Å². The predicted octanol–water partition coefficient (Wildman–Crippen LogP) is -1.39. The van der Waals surface area contributed by atoms with E-state index in [-0.39, 0.29) is 68.5 Å². The first-order valence-electron chi connectivity index (χ1n) is 7.14. The quantitative estimate of drug-likeness (QED) is 0.568. The SMILES string of the molecule is COc1ccc(C(NC[C@H](O)c2ccccc2F)C(=O)[O-])cc1Cl.[K+]. The van der Waals surface area contributed by atoms with Crippen LogP contribution in [0, 0.1) is 5.82 Å². The number of aliphatic carboxylic acids is 1. The first kappa shape index (κ1) is 22.5. The van der Waals surface area contributed by atoms with E-state index in [4.69, 9.17) is 16.3 Å². The molecule has 2 atom stereocenters. The third-order valence-corrected chi connectivity index (χ3v) is 3.82.